The molecule has 1 N–H and O–H groups in total. The lowest BCUT2D eigenvalue weighted by Crippen LogP contribution is -2.38. The fourth-order valence-electron chi connectivity index (χ4n) is 1.70. The highest BCUT2D eigenvalue weighted by atomic mass is 19.2. The Bertz CT molecular complexity index is 588. The molecule has 0 fully saturated rings. The van der Waals surface area contributed by atoms with Gasteiger partial charge in [-0.3, -0.25) is 0 Å². The molecule has 0 aliphatic carbocycles. The molecule has 0 spiro atoms. The van der Waals surface area contributed by atoms with Gasteiger partial charge in [-0.15, -0.1) is 0 Å². The number of ether oxygens (including phenoxy) is 1. The minimum absolute atomic E-state index is 0.0647. The van der Waals surface area contributed by atoms with Crippen molar-refractivity contribution in [2.45, 2.75) is 32.9 Å². The van der Waals surface area contributed by atoms with Crippen LogP contribution in [0, 0.1) is 29.1 Å². The second kappa shape index (κ2) is 7.78. The SMILES string of the molecule is CN(CCNCc1c(F)c(F)c(F)c(F)c1F)C(=O)OC(C)(C)C. The van der Waals surface area contributed by atoms with E-state index < -0.39 is 52.9 Å². The average Bonchev–Trinajstić information content (AvgIpc) is 2.48. The Balaban J connectivity index is 2.59. The number of benzene rings is 1. The Morgan fingerprint density at radius 3 is 1.92 bits per heavy atom. The number of hydrogen-bond donors (Lipinski definition) is 1. The van der Waals surface area contributed by atoms with Crippen LogP contribution in [0.4, 0.5) is 26.7 Å². The van der Waals surface area contributed by atoms with Crippen molar-refractivity contribution >= 4 is 6.09 Å². The maximum absolute atomic E-state index is 13.5. The van der Waals surface area contributed by atoms with E-state index in [1.165, 1.54) is 11.9 Å². The van der Waals surface area contributed by atoms with Gasteiger partial charge in [0.25, 0.3) is 0 Å². The van der Waals surface area contributed by atoms with Crippen LogP contribution in [0.25, 0.3) is 0 Å². The van der Waals surface area contributed by atoms with Gasteiger partial charge in [0.05, 0.1) is 0 Å². The van der Waals surface area contributed by atoms with Gasteiger partial charge in [0, 0.05) is 32.2 Å². The van der Waals surface area contributed by atoms with Gasteiger partial charge >= 0.3 is 6.09 Å². The van der Waals surface area contributed by atoms with Gasteiger partial charge in [-0.25, -0.2) is 26.7 Å². The summed E-state index contributed by atoms with van der Waals surface area (Å²) in [6.07, 6.45) is -0.597. The van der Waals surface area contributed by atoms with Gasteiger partial charge in [-0.2, -0.15) is 0 Å². The maximum Gasteiger partial charge on any atom is 0.410 e. The summed E-state index contributed by atoms with van der Waals surface area (Å²) >= 11 is 0. The first-order valence-electron chi connectivity index (χ1n) is 7.10. The van der Waals surface area contributed by atoms with E-state index in [-0.39, 0.29) is 13.1 Å². The lowest BCUT2D eigenvalue weighted by atomic mass is 10.1. The van der Waals surface area contributed by atoms with Gasteiger partial charge in [0.15, 0.2) is 23.3 Å². The maximum atomic E-state index is 13.5. The molecule has 0 bridgehead atoms. The Morgan fingerprint density at radius 2 is 1.46 bits per heavy atom. The number of nitrogens with zero attached hydrogens (tertiary/aromatic N) is 1. The van der Waals surface area contributed by atoms with Crippen LogP contribution in [0.3, 0.4) is 0 Å². The molecular weight excluding hydrogens is 335 g/mol. The summed E-state index contributed by atoms with van der Waals surface area (Å²) in [5, 5.41) is 2.52. The van der Waals surface area contributed by atoms with Gasteiger partial charge in [-0.1, -0.05) is 0 Å². The van der Waals surface area contributed by atoms with E-state index in [4.69, 9.17) is 4.74 Å². The largest absolute Gasteiger partial charge is 0.444 e. The minimum Gasteiger partial charge on any atom is -0.444 e. The van der Waals surface area contributed by atoms with Crippen LogP contribution in [0.5, 0.6) is 0 Å². The molecule has 0 aromatic heterocycles. The van der Waals surface area contributed by atoms with E-state index in [2.05, 4.69) is 5.32 Å². The number of nitrogens with one attached hydrogen (secondary N) is 1. The third kappa shape index (κ3) is 5.05. The van der Waals surface area contributed by atoms with E-state index >= 15 is 0 Å². The van der Waals surface area contributed by atoms with Crippen LogP contribution >= 0.6 is 0 Å². The summed E-state index contributed by atoms with van der Waals surface area (Å²) in [5.74, 6) is -9.93. The predicted octanol–water partition coefficient (Wildman–Crippen LogP) is 3.34. The van der Waals surface area contributed by atoms with Crippen molar-refractivity contribution in [1.29, 1.82) is 0 Å². The Morgan fingerprint density at radius 1 is 1.00 bits per heavy atom. The molecular formula is C15H19F5N2O2. The Hall–Kier alpha value is -1.90. The molecule has 0 unspecified atom stereocenters. The zero-order chi connectivity index (χ0) is 18.7. The van der Waals surface area contributed by atoms with E-state index in [1.807, 2.05) is 0 Å². The lowest BCUT2D eigenvalue weighted by molar-refractivity contribution is 0.0300. The second-order valence-electron chi connectivity index (χ2n) is 6.13. The van der Waals surface area contributed by atoms with E-state index in [9.17, 15) is 26.7 Å². The summed E-state index contributed by atoms with van der Waals surface area (Å²) in [6, 6.07) is 0. The van der Waals surface area contributed by atoms with Crippen molar-refractivity contribution in [3.05, 3.63) is 34.6 Å². The lowest BCUT2D eigenvalue weighted by Gasteiger charge is -2.24. The monoisotopic (exact) mass is 354 g/mol. The number of likely N-dealkylation sites (N-methyl/N-ethyl adjacent to an activating group) is 1. The molecule has 24 heavy (non-hydrogen) atoms. The van der Waals surface area contributed by atoms with Gasteiger partial charge in [-0.05, 0) is 20.8 Å². The van der Waals surface area contributed by atoms with Crippen LogP contribution in [-0.2, 0) is 11.3 Å². The van der Waals surface area contributed by atoms with E-state index in [0.717, 1.165) is 0 Å². The van der Waals surface area contributed by atoms with Gasteiger partial charge in [0.1, 0.15) is 5.60 Å². The molecule has 9 heteroatoms. The molecule has 0 aliphatic rings. The normalized spacial score (nSPS) is 11.5. The van der Waals surface area contributed by atoms with Crippen LogP contribution in [-0.4, -0.2) is 36.7 Å². The van der Waals surface area contributed by atoms with Gasteiger partial charge in [0.2, 0.25) is 5.82 Å². The molecule has 136 valence electrons. The number of halogens is 5. The first-order valence-corrected chi connectivity index (χ1v) is 7.10. The Labute approximate surface area is 136 Å². The topological polar surface area (TPSA) is 41.6 Å². The molecule has 4 nitrogen and oxygen atoms in total. The first kappa shape index (κ1) is 20.1. The summed E-state index contributed by atoms with van der Waals surface area (Å²) in [4.78, 5) is 12.9. The number of carbonyl (C=O) groups is 1. The standard InChI is InChI=1S/C15H19F5N2O2/c1-15(2,3)24-14(23)22(4)6-5-21-7-8-9(16)11(18)13(20)12(19)10(8)17/h21H,5-7H2,1-4H3. The first-order chi connectivity index (χ1) is 11.0. The molecule has 1 rings (SSSR count). The highest BCUT2D eigenvalue weighted by Crippen LogP contribution is 2.22. The molecule has 1 aromatic carbocycles. The molecule has 1 amide bonds. The summed E-state index contributed by atoms with van der Waals surface area (Å²) in [5.41, 5.74) is -1.62. The number of amides is 1. The van der Waals surface area contributed by atoms with Crippen LogP contribution in [0.15, 0.2) is 0 Å². The number of hydrogen-bond acceptors (Lipinski definition) is 3. The minimum atomic E-state index is -2.20. The zero-order valence-electron chi connectivity index (χ0n) is 13.8. The van der Waals surface area contributed by atoms with Crippen LogP contribution in [0.2, 0.25) is 0 Å². The highest BCUT2D eigenvalue weighted by Gasteiger charge is 2.25. The number of carbonyl (C=O) groups excluding carboxylic acids is 1. The van der Waals surface area contributed by atoms with Crippen LogP contribution < -0.4 is 5.32 Å². The van der Waals surface area contributed by atoms with Crippen molar-refractivity contribution in [1.82, 2.24) is 10.2 Å². The van der Waals surface area contributed by atoms with Crippen LogP contribution in [0.1, 0.15) is 26.3 Å². The average molecular weight is 354 g/mol. The smallest absolute Gasteiger partial charge is 0.410 e. The molecule has 1 aromatic rings. The van der Waals surface area contributed by atoms with Crippen molar-refractivity contribution in [2.24, 2.45) is 0 Å². The zero-order valence-corrected chi connectivity index (χ0v) is 13.8. The summed E-state index contributed by atoms with van der Waals surface area (Å²) in [7, 11) is 1.45. The molecule has 0 heterocycles. The molecule has 0 saturated carbocycles. The molecule has 0 saturated heterocycles. The van der Waals surface area contributed by atoms with E-state index in [1.54, 1.807) is 20.8 Å². The van der Waals surface area contributed by atoms with Crippen molar-refractivity contribution in [3.8, 4) is 0 Å². The quantitative estimate of drug-likeness (QED) is 0.382. The summed E-state index contributed by atoms with van der Waals surface area (Å²) < 4.78 is 71.0. The van der Waals surface area contributed by atoms with Crippen molar-refractivity contribution < 1.29 is 31.5 Å². The summed E-state index contributed by atoms with van der Waals surface area (Å²) in [6.45, 7) is 4.69. The van der Waals surface area contributed by atoms with Crippen molar-refractivity contribution in [2.75, 3.05) is 20.1 Å². The molecule has 0 atom stereocenters. The number of rotatable bonds is 5. The highest BCUT2D eigenvalue weighted by molar-refractivity contribution is 5.67. The molecule has 0 radical (unpaired) electrons. The van der Waals surface area contributed by atoms with Crippen molar-refractivity contribution in [3.63, 3.8) is 0 Å². The third-order valence-corrected chi connectivity index (χ3v) is 2.93. The second-order valence-corrected chi connectivity index (χ2v) is 6.13. The Kier molecular flexibility index (Phi) is 6.53. The fraction of sp³-hybridized carbons (Fsp3) is 0.533. The third-order valence-electron chi connectivity index (χ3n) is 2.93. The fourth-order valence-corrected chi connectivity index (χ4v) is 1.70. The van der Waals surface area contributed by atoms with E-state index in [0.29, 0.717) is 0 Å². The predicted molar refractivity (Wildman–Crippen MR) is 76.8 cm³/mol. The molecule has 0 aliphatic heterocycles. The van der Waals surface area contributed by atoms with Gasteiger partial charge < -0.3 is 15.0 Å².